The molecule has 44 heavy (non-hydrogen) atoms. The lowest BCUT2D eigenvalue weighted by atomic mass is 10.0. The number of thiophene rings is 1. The average Bonchev–Trinajstić information content (AvgIpc) is 3.75. The van der Waals surface area contributed by atoms with E-state index >= 15 is 0 Å². The van der Waals surface area contributed by atoms with E-state index in [1.54, 1.807) is 11.3 Å². The largest absolute Gasteiger partial charge is 0.456 e. The van der Waals surface area contributed by atoms with Gasteiger partial charge in [-0.3, -0.25) is 4.90 Å². The van der Waals surface area contributed by atoms with Gasteiger partial charge in [0.1, 0.15) is 28.1 Å². The molecule has 0 saturated heterocycles. The number of nitrogens with zero attached hydrogens (tertiary/aromatic N) is 2. The number of benzene rings is 6. The average molecular weight is 583 g/mol. The van der Waals surface area contributed by atoms with E-state index in [0.717, 1.165) is 61.1 Å². The topological polar surface area (TPSA) is 42.4 Å². The van der Waals surface area contributed by atoms with Crippen molar-refractivity contribution in [1.82, 2.24) is 4.98 Å². The predicted octanol–water partition coefficient (Wildman–Crippen LogP) is 11.9. The van der Waals surface area contributed by atoms with Crippen molar-refractivity contribution in [3.8, 4) is 0 Å². The maximum atomic E-state index is 6.33. The van der Waals surface area contributed by atoms with Gasteiger partial charge in [0.15, 0.2) is 0 Å². The highest BCUT2D eigenvalue weighted by molar-refractivity contribution is 7.26. The highest BCUT2D eigenvalue weighted by Gasteiger charge is 2.20. The van der Waals surface area contributed by atoms with Crippen LogP contribution in [0.15, 0.2) is 142 Å². The van der Waals surface area contributed by atoms with E-state index in [4.69, 9.17) is 13.8 Å². The Morgan fingerprint density at radius 1 is 0.477 bits per heavy atom. The predicted molar refractivity (Wildman–Crippen MR) is 184 cm³/mol. The van der Waals surface area contributed by atoms with E-state index < -0.39 is 0 Å². The number of hydrogen-bond donors (Lipinski definition) is 0. The van der Waals surface area contributed by atoms with E-state index in [1.807, 2.05) is 30.5 Å². The van der Waals surface area contributed by atoms with Crippen molar-refractivity contribution in [1.29, 1.82) is 0 Å². The first-order valence-corrected chi connectivity index (χ1v) is 15.4. The lowest BCUT2D eigenvalue weighted by Crippen LogP contribution is -2.11. The monoisotopic (exact) mass is 582 g/mol. The van der Waals surface area contributed by atoms with E-state index in [-0.39, 0.29) is 0 Å². The molecule has 0 saturated carbocycles. The molecule has 0 aliphatic heterocycles. The number of rotatable bonds is 3. The minimum atomic E-state index is 0.841. The zero-order chi connectivity index (χ0) is 28.8. The molecule has 5 heteroatoms. The van der Waals surface area contributed by atoms with Crippen molar-refractivity contribution in [2.75, 3.05) is 4.90 Å². The third-order valence-corrected chi connectivity index (χ3v) is 9.81. The molecule has 0 unspecified atom stereocenters. The van der Waals surface area contributed by atoms with Crippen molar-refractivity contribution in [3.05, 3.63) is 134 Å². The minimum Gasteiger partial charge on any atom is -0.456 e. The van der Waals surface area contributed by atoms with Crippen molar-refractivity contribution >= 4 is 103 Å². The molecule has 0 bridgehead atoms. The molecule has 10 rings (SSSR count). The smallest absolute Gasteiger partial charge is 0.138 e. The number of furan rings is 2. The fourth-order valence-electron chi connectivity index (χ4n) is 6.68. The Morgan fingerprint density at radius 2 is 1.14 bits per heavy atom. The van der Waals surface area contributed by atoms with Gasteiger partial charge in [0.05, 0.1) is 10.4 Å². The molecule has 0 aliphatic carbocycles. The first-order valence-electron chi connectivity index (χ1n) is 14.6. The van der Waals surface area contributed by atoms with Crippen LogP contribution in [0.4, 0.5) is 17.2 Å². The summed E-state index contributed by atoms with van der Waals surface area (Å²) in [4.78, 5) is 7.29. The van der Waals surface area contributed by atoms with Crippen LogP contribution >= 0.6 is 11.3 Å². The molecule has 0 amide bonds. The third-order valence-electron chi connectivity index (χ3n) is 8.70. The summed E-state index contributed by atoms with van der Waals surface area (Å²) in [6.45, 7) is 0. The Balaban J connectivity index is 1.25. The molecule has 6 aromatic carbocycles. The highest BCUT2D eigenvalue weighted by atomic mass is 32.1. The molecule has 0 N–H and O–H groups in total. The van der Waals surface area contributed by atoms with Gasteiger partial charge in [0.2, 0.25) is 0 Å². The van der Waals surface area contributed by atoms with E-state index in [1.165, 1.54) is 30.9 Å². The summed E-state index contributed by atoms with van der Waals surface area (Å²) in [7, 11) is 0. The lowest BCUT2D eigenvalue weighted by Gasteiger charge is -2.24. The summed E-state index contributed by atoms with van der Waals surface area (Å²) in [6.07, 6.45) is 2.02. The standard InChI is InChI=1S/C39H22N2O2S/c1-2-8-26-23(7-1)13-18-36-39(26)31-21-38(40-22-37(31)44-36)41(24-15-17-34-30(19-24)28-10-4-6-12-33(28)42-34)25-14-16-29-27-9-3-5-11-32(27)43-35(29)20-25/h1-22H. The summed E-state index contributed by atoms with van der Waals surface area (Å²) in [5.74, 6) is 0.841. The third kappa shape index (κ3) is 3.41. The zero-order valence-electron chi connectivity index (χ0n) is 23.3. The van der Waals surface area contributed by atoms with Crippen LogP contribution in [-0.4, -0.2) is 4.98 Å². The maximum Gasteiger partial charge on any atom is 0.138 e. The second kappa shape index (κ2) is 8.93. The van der Waals surface area contributed by atoms with Gasteiger partial charge in [-0.05, 0) is 65.4 Å². The van der Waals surface area contributed by atoms with Crippen molar-refractivity contribution in [2.45, 2.75) is 0 Å². The molecule has 4 heterocycles. The quantitative estimate of drug-likeness (QED) is 0.208. The van der Waals surface area contributed by atoms with Crippen LogP contribution in [0.3, 0.4) is 0 Å². The van der Waals surface area contributed by atoms with Crippen molar-refractivity contribution in [3.63, 3.8) is 0 Å². The summed E-state index contributed by atoms with van der Waals surface area (Å²) in [5, 5.41) is 9.35. The molecule has 4 aromatic heterocycles. The van der Waals surface area contributed by atoms with Crippen LogP contribution in [0.1, 0.15) is 0 Å². The first kappa shape index (κ1) is 23.9. The molecule has 10 aromatic rings. The van der Waals surface area contributed by atoms with Crippen LogP contribution in [-0.2, 0) is 0 Å². The van der Waals surface area contributed by atoms with Crippen LogP contribution in [0.2, 0.25) is 0 Å². The Morgan fingerprint density at radius 3 is 2.00 bits per heavy atom. The maximum absolute atomic E-state index is 6.33. The number of hydrogen-bond acceptors (Lipinski definition) is 5. The van der Waals surface area contributed by atoms with Gasteiger partial charge >= 0.3 is 0 Å². The van der Waals surface area contributed by atoms with Gasteiger partial charge in [-0.1, -0.05) is 66.7 Å². The van der Waals surface area contributed by atoms with Crippen LogP contribution in [0.25, 0.3) is 74.8 Å². The number of para-hydroxylation sites is 2. The number of aromatic nitrogens is 1. The van der Waals surface area contributed by atoms with Gasteiger partial charge in [-0.2, -0.15) is 0 Å². The number of pyridine rings is 1. The highest BCUT2D eigenvalue weighted by Crippen LogP contribution is 2.44. The summed E-state index contributed by atoms with van der Waals surface area (Å²) in [6, 6.07) is 44.5. The fourth-order valence-corrected chi connectivity index (χ4v) is 7.76. The molecule has 0 atom stereocenters. The molecule has 0 aliphatic rings. The normalized spacial score (nSPS) is 12.1. The van der Waals surface area contributed by atoms with Gasteiger partial charge in [-0.15, -0.1) is 11.3 Å². The molecule has 206 valence electrons. The fraction of sp³-hybridized carbons (Fsp3) is 0. The Bertz CT molecular complexity index is 2750. The second-order valence-corrected chi connectivity index (χ2v) is 12.3. The first-order chi connectivity index (χ1) is 21.8. The Kier molecular flexibility index (Phi) is 4.84. The van der Waals surface area contributed by atoms with E-state index in [2.05, 4.69) is 108 Å². The minimum absolute atomic E-state index is 0.841. The van der Waals surface area contributed by atoms with Crippen molar-refractivity contribution in [2.24, 2.45) is 0 Å². The summed E-state index contributed by atoms with van der Waals surface area (Å²) in [5.41, 5.74) is 5.44. The zero-order valence-corrected chi connectivity index (χ0v) is 24.1. The summed E-state index contributed by atoms with van der Waals surface area (Å²) < 4.78 is 14.9. The molecule has 0 radical (unpaired) electrons. The van der Waals surface area contributed by atoms with Gasteiger partial charge in [0, 0.05) is 55.0 Å². The number of fused-ring (bicyclic) bond motifs is 11. The van der Waals surface area contributed by atoms with Gasteiger partial charge in [0.25, 0.3) is 0 Å². The molecular formula is C39H22N2O2S. The second-order valence-electron chi connectivity index (χ2n) is 11.2. The SMILES string of the molecule is c1ccc2c(c1)ccc1sc3cnc(N(c4ccc5c(c4)oc4ccccc45)c4ccc5oc6ccccc6c5c4)cc3c12. The van der Waals surface area contributed by atoms with E-state index in [9.17, 15) is 0 Å². The van der Waals surface area contributed by atoms with E-state index in [0.29, 0.717) is 0 Å². The van der Waals surface area contributed by atoms with Crippen molar-refractivity contribution < 1.29 is 8.83 Å². The Labute approximate surface area is 255 Å². The van der Waals surface area contributed by atoms with Crippen LogP contribution in [0, 0.1) is 0 Å². The molecule has 0 fully saturated rings. The molecule has 0 spiro atoms. The van der Waals surface area contributed by atoms with Gasteiger partial charge in [-0.25, -0.2) is 4.98 Å². The molecule has 4 nitrogen and oxygen atoms in total. The van der Waals surface area contributed by atoms with Gasteiger partial charge < -0.3 is 8.83 Å². The van der Waals surface area contributed by atoms with Crippen LogP contribution < -0.4 is 4.90 Å². The Hall–Kier alpha value is -5.65. The van der Waals surface area contributed by atoms with Crippen LogP contribution in [0.5, 0.6) is 0 Å². The summed E-state index contributed by atoms with van der Waals surface area (Å²) >= 11 is 1.79. The number of anilines is 3. The lowest BCUT2D eigenvalue weighted by molar-refractivity contribution is 0.668. The molecular weight excluding hydrogens is 561 g/mol.